The predicted molar refractivity (Wildman–Crippen MR) is 44.9 cm³/mol. The molecule has 0 saturated carbocycles. The zero-order valence-corrected chi connectivity index (χ0v) is 6.26. The first-order valence-electron chi connectivity index (χ1n) is 3.42. The van der Waals surface area contributed by atoms with E-state index in [2.05, 4.69) is 13.5 Å². The van der Waals surface area contributed by atoms with Crippen molar-refractivity contribution < 1.29 is 4.39 Å². The third-order valence-corrected chi connectivity index (χ3v) is 1.51. The van der Waals surface area contributed by atoms with Crippen molar-refractivity contribution in [3.05, 3.63) is 55.0 Å². The molecule has 0 bridgehead atoms. The molecule has 1 aromatic carbocycles. The lowest BCUT2D eigenvalue weighted by molar-refractivity contribution is 0.415. The molecular formula is C10H10F. The van der Waals surface area contributed by atoms with E-state index in [0.29, 0.717) is 5.56 Å². The second-order valence-corrected chi connectivity index (χ2v) is 2.38. The van der Waals surface area contributed by atoms with E-state index in [-0.39, 0.29) is 0 Å². The van der Waals surface area contributed by atoms with E-state index in [1.54, 1.807) is 24.3 Å². The van der Waals surface area contributed by atoms with Gasteiger partial charge >= 0.3 is 0 Å². The molecule has 0 aliphatic rings. The first-order valence-corrected chi connectivity index (χ1v) is 3.42. The van der Waals surface area contributed by atoms with Crippen molar-refractivity contribution in [1.82, 2.24) is 0 Å². The van der Waals surface area contributed by atoms with Crippen molar-refractivity contribution in [2.75, 3.05) is 0 Å². The Morgan fingerprint density at radius 3 is 2.27 bits per heavy atom. The van der Waals surface area contributed by atoms with Crippen molar-refractivity contribution in [1.29, 1.82) is 0 Å². The monoisotopic (exact) mass is 149 g/mol. The lowest BCUT2D eigenvalue weighted by Gasteiger charge is -2.01. The van der Waals surface area contributed by atoms with Crippen LogP contribution in [0.3, 0.4) is 0 Å². The molecule has 0 amide bonds. The summed E-state index contributed by atoms with van der Waals surface area (Å²) in [6.45, 7) is 7.07. The van der Waals surface area contributed by atoms with Gasteiger partial charge in [0.2, 0.25) is 0 Å². The first kappa shape index (κ1) is 7.99. The maximum absolute atomic E-state index is 12.9. The van der Waals surface area contributed by atoms with Gasteiger partial charge < -0.3 is 0 Å². The van der Waals surface area contributed by atoms with Gasteiger partial charge in [-0.25, -0.2) is 4.39 Å². The smallest absolute Gasteiger partial charge is 0.143 e. The van der Waals surface area contributed by atoms with Crippen LogP contribution < -0.4 is 0 Å². The van der Waals surface area contributed by atoms with E-state index in [4.69, 9.17) is 0 Å². The minimum atomic E-state index is -1.06. The van der Waals surface area contributed by atoms with Gasteiger partial charge in [0.05, 0.1) is 0 Å². The first-order chi connectivity index (χ1) is 5.24. The molecule has 0 aliphatic carbocycles. The zero-order valence-electron chi connectivity index (χ0n) is 6.26. The number of hydrogen-bond donors (Lipinski definition) is 0. The summed E-state index contributed by atoms with van der Waals surface area (Å²) in [6, 6.07) is 7.00. The summed E-state index contributed by atoms with van der Waals surface area (Å²) in [6.07, 6.45) is 0.216. The van der Waals surface area contributed by atoms with E-state index in [9.17, 15) is 4.39 Å². The fraction of sp³-hybridized carbons (Fsp3) is 0.100. The number of benzene rings is 1. The number of alkyl halides is 1. The molecule has 1 rings (SSSR count). The lowest BCUT2D eigenvalue weighted by Crippen LogP contribution is -1.85. The normalized spacial score (nSPS) is 12.5. The summed E-state index contributed by atoms with van der Waals surface area (Å²) in [7, 11) is 0. The fourth-order valence-corrected chi connectivity index (χ4v) is 0.838. The van der Waals surface area contributed by atoms with Crippen LogP contribution in [0.2, 0.25) is 0 Å². The second-order valence-electron chi connectivity index (χ2n) is 2.38. The number of hydrogen-bond acceptors (Lipinski definition) is 0. The van der Waals surface area contributed by atoms with Gasteiger partial charge in [-0.3, -0.25) is 0 Å². The van der Waals surface area contributed by atoms with Gasteiger partial charge in [-0.1, -0.05) is 36.9 Å². The molecule has 0 heterocycles. The van der Waals surface area contributed by atoms with Crippen molar-refractivity contribution >= 4 is 0 Å². The largest absolute Gasteiger partial charge is 0.238 e. The molecule has 1 atom stereocenters. The van der Waals surface area contributed by atoms with Crippen molar-refractivity contribution in [2.24, 2.45) is 0 Å². The predicted octanol–water partition coefficient (Wildman–Crippen LogP) is 3.07. The van der Waals surface area contributed by atoms with Crippen LogP contribution in [0.25, 0.3) is 0 Å². The third-order valence-electron chi connectivity index (χ3n) is 1.51. The molecule has 11 heavy (non-hydrogen) atoms. The average molecular weight is 149 g/mol. The van der Waals surface area contributed by atoms with Gasteiger partial charge in [-0.05, 0) is 18.1 Å². The van der Waals surface area contributed by atoms with Crippen LogP contribution in [0.5, 0.6) is 0 Å². The standard InChI is InChI=1S/C10H10F/c1-3-10(11)9-6-4-8(2)5-7-9/h3-7,10H,1-2H2. The van der Waals surface area contributed by atoms with E-state index in [1.165, 1.54) is 6.08 Å². The Morgan fingerprint density at radius 2 is 1.82 bits per heavy atom. The third kappa shape index (κ3) is 1.90. The number of allylic oxidation sites excluding steroid dienone is 1. The minimum Gasteiger partial charge on any atom is -0.238 e. The van der Waals surface area contributed by atoms with Crippen molar-refractivity contribution in [2.45, 2.75) is 6.17 Å². The Balaban J connectivity index is 2.89. The van der Waals surface area contributed by atoms with E-state index in [0.717, 1.165) is 5.56 Å². The topological polar surface area (TPSA) is 0 Å². The van der Waals surface area contributed by atoms with Crippen LogP contribution in [0.15, 0.2) is 36.9 Å². The molecule has 57 valence electrons. The van der Waals surface area contributed by atoms with Gasteiger partial charge in [0, 0.05) is 0 Å². The van der Waals surface area contributed by atoms with Gasteiger partial charge in [0.1, 0.15) is 6.17 Å². The molecule has 0 N–H and O–H groups in total. The SMILES string of the molecule is [CH2]c1ccc(C(F)C=C)cc1. The summed E-state index contributed by atoms with van der Waals surface area (Å²) >= 11 is 0. The quantitative estimate of drug-likeness (QED) is 0.567. The van der Waals surface area contributed by atoms with Gasteiger partial charge in [0.25, 0.3) is 0 Å². The maximum atomic E-state index is 12.9. The summed E-state index contributed by atoms with van der Waals surface area (Å²) in [5.41, 5.74) is 1.53. The lowest BCUT2D eigenvalue weighted by atomic mass is 10.1. The van der Waals surface area contributed by atoms with Crippen LogP contribution >= 0.6 is 0 Å². The summed E-state index contributed by atoms with van der Waals surface area (Å²) in [4.78, 5) is 0. The van der Waals surface area contributed by atoms with E-state index >= 15 is 0 Å². The van der Waals surface area contributed by atoms with E-state index in [1.807, 2.05) is 0 Å². The number of rotatable bonds is 2. The molecule has 0 spiro atoms. The van der Waals surface area contributed by atoms with Crippen LogP contribution in [0.4, 0.5) is 4.39 Å². The Hall–Kier alpha value is -1.11. The average Bonchev–Trinajstić information content (AvgIpc) is 2.05. The van der Waals surface area contributed by atoms with Crippen LogP contribution in [-0.4, -0.2) is 0 Å². The Morgan fingerprint density at radius 1 is 1.27 bits per heavy atom. The number of halogens is 1. The molecule has 0 fully saturated rings. The molecule has 0 nitrogen and oxygen atoms in total. The fourth-order valence-electron chi connectivity index (χ4n) is 0.838. The van der Waals surface area contributed by atoms with Crippen LogP contribution in [0.1, 0.15) is 17.3 Å². The second kappa shape index (κ2) is 3.33. The van der Waals surface area contributed by atoms with E-state index < -0.39 is 6.17 Å². The van der Waals surface area contributed by atoms with Gasteiger partial charge in [-0.2, -0.15) is 0 Å². The molecule has 1 heteroatoms. The highest BCUT2D eigenvalue weighted by Crippen LogP contribution is 2.17. The highest BCUT2D eigenvalue weighted by molar-refractivity contribution is 5.27. The van der Waals surface area contributed by atoms with Gasteiger partial charge in [0.15, 0.2) is 0 Å². The molecule has 0 saturated heterocycles. The summed E-state index contributed by atoms with van der Waals surface area (Å²) in [5, 5.41) is 0. The minimum absolute atomic E-state index is 0.632. The molecule has 0 aliphatic heterocycles. The van der Waals surface area contributed by atoms with Crippen molar-refractivity contribution in [3.63, 3.8) is 0 Å². The summed E-state index contributed by atoms with van der Waals surface area (Å²) < 4.78 is 12.9. The Bertz CT molecular complexity index is 236. The molecular weight excluding hydrogens is 139 g/mol. The molecule has 1 aromatic rings. The molecule has 1 radical (unpaired) electrons. The maximum Gasteiger partial charge on any atom is 0.143 e. The van der Waals surface area contributed by atoms with Crippen LogP contribution in [-0.2, 0) is 0 Å². The zero-order chi connectivity index (χ0) is 8.27. The Labute approximate surface area is 66.4 Å². The van der Waals surface area contributed by atoms with Crippen LogP contribution in [0, 0.1) is 6.92 Å². The van der Waals surface area contributed by atoms with Crippen molar-refractivity contribution in [3.8, 4) is 0 Å². The highest BCUT2D eigenvalue weighted by atomic mass is 19.1. The molecule has 0 aromatic heterocycles. The van der Waals surface area contributed by atoms with Gasteiger partial charge in [-0.15, -0.1) is 0 Å². The summed E-state index contributed by atoms with van der Waals surface area (Å²) in [5.74, 6) is 0. The molecule has 1 unspecified atom stereocenters. The Kier molecular flexibility index (Phi) is 2.42. The highest BCUT2D eigenvalue weighted by Gasteiger charge is 2.02.